The summed E-state index contributed by atoms with van der Waals surface area (Å²) in [4.78, 5) is 14.9. The number of rotatable bonds is 5. The summed E-state index contributed by atoms with van der Waals surface area (Å²) >= 11 is 0. The molecule has 0 saturated heterocycles. The summed E-state index contributed by atoms with van der Waals surface area (Å²) in [7, 11) is 0. The number of aromatic nitrogens is 2. The Kier molecular flexibility index (Phi) is 3.42. The van der Waals surface area contributed by atoms with Crippen molar-refractivity contribution in [2.24, 2.45) is 0 Å². The van der Waals surface area contributed by atoms with Gasteiger partial charge in [-0.25, -0.2) is 4.79 Å². The number of anilines is 2. The zero-order valence-electron chi connectivity index (χ0n) is 9.46. The van der Waals surface area contributed by atoms with Gasteiger partial charge in [-0.05, 0) is 18.2 Å². The number of benzene rings is 1. The van der Waals surface area contributed by atoms with Crippen molar-refractivity contribution in [2.45, 2.75) is 6.42 Å². The van der Waals surface area contributed by atoms with Crippen LogP contribution in [0, 0.1) is 0 Å². The third-order valence-electron chi connectivity index (χ3n) is 2.34. The van der Waals surface area contributed by atoms with E-state index in [4.69, 9.17) is 15.4 Å². The number of carboxylic acid groups (broad SMARTS) is 1. The second kappa shape index (κ2) is 5.17. The lowest BCUT2D eigenvalue weighted by Crippen LogP contribution is -2.10. The van der Waals surface area contributed by atoms with Crippen LogP contribution in [-0.4, -0.2) is 27.8 Å². The molecule has 1 aromatic heterocycles. The second-order valence-electron chi connectivity index (χ2n) is 3.62. The fourth-order valence-corrected chi connectivity index (χ4v) is 1.50. The zero-order chi connectivity index (χ0) is 13.0. The lowest BCUT2D eigenvalue weighted by molar-refractivity contribution is 0.0698. The molecule has 7 nitrogen and oxygen atoms in total. The van der Waals surface area contributed by atoms with Gasteiger partial charge in [0.25, 0.3) is 0 Å². The number of hydrogen-bond donors (Lipinski definition) is 3. The number of nitrogen functional groups attached to an aromatic ring is 1. The Labute approximate surface area is 103 Å². The standard InChI is InChI=1S/C11H12N4O3/c12-7-1-2-8(11(16)17)9(5-7)13-4-3-10-14-6-15-18-10/h1-2,5-6,13H,3-4,12H2,(H,16,17). The first-order chi connectivity index (χ1) is 8.66. The highest BCUT2D eigenvalue weighted by Gasteiger charge is 2.10. The van der Waals surface area contributed by atoms with Crippen LogP contribution < -0.4 is 11.1 Å². The molecule has 0 aliphatic heterocycles. The van der Waals surface area contributed by atoms with Gasteiger partial charge in [-0.2, -0.15) is 4.98 Å². The fraction of sp³-hybridized carbons (Fsp3) is 0.182. The summed E-state index contributed by atoms with van der Waals surface area (Å²) in [5, 5.41) is 15.5. The van der Waals surface area contributed by atoms with Crippen LogP contribution in [0.4, 0.5) is 11.4 Å². The average molecular weight is 248 g/mol. The van der Waals surface area contributed by atoms with Gasteiger partial charge in [0, 0.05) is 18.7 Å². The van der Waals surface area contributed by atoms with Gasteiger partial charge in [0.15, 0.2) is 6.33 Å². The van der Waals surface area contributed by atoms with E-state index in [2.05, 4.69) is 15.5 Å². The molecular weight excluding hydrogens is 236 g/mol. The van der Waals surface area contributed by atoms with E-state index in [1.165, 1.54) is 12.4 Å². The number of nitrogens with one attached hydrogen (secondary N) is 1. The van der Waals surface area contributed by atoms with Gasteiger partial charge in [-0.15, -0.1) is 0 Å². The topological polar surface area (TPSA) is 114 Å². The van der Waals surface area contributed by atoms with Gasteiger partial charge in [0.05, 0.1) is 11.3 Å². The van der Waals surface area contributed by atoms with Crippen LogP contribution >= 0.6 is 0 Å². The molecule has 0 aliphatic rings. The Bertz CT molecular complexity index is 539. The number of aromatic carboxylic acids is 1. The van der Waals surface area contributed by atoms with Gasteiger partial charge in [0.2, 0.25) is 5.89 Å². The Balaban J connectivity index is 2.03. The monoisotopic (exact) mass is 248 g/mol. The SMILES string of the molecule is Nc1ccc(C(=O)O)c(NCCc2ncno2)c1. The van der Waals surface area contributed by atoms with Gasteiger partial charge >= 0.3 is 5.97 Å². The zero-order valence-corrected chi connectivity index (χ0v) is 9.46. The normalized spacial score (nSPS) is 10.2. The van der Waals surface area contributed by atoms with E-state index in [1.54, 1.807) is 12.1 Å². The van der Waals surface area contributed by atoms with E-state index >= 15 is 0 Å². The van der Waals surface area contributed by atoms with Crippen LogP contribution in [0.1, 0.15) is 16.2 Å². The van der Waals surface area contributed by atoms with Crippen molar-refractivity contribution >= 4 is 17.3 Å². The van der Waals surface area contributed by atoms with Gasteiger partial charge in [-0.1, -0.05) is 5.16 Å². The minimum atomic E-state index is -1.00. The van der Waals surface area contributed by atoms with Crippen LogP contribution in [0.15, 0.2) is 29.0 Å². The molecule has 0 radical (unpaired) electrons. The van der Waals surface area contributed by atoms with E-state index in [0.717, 1.165) is 0 Å². The molecule has 0 saturated carbocycles. The second-order valence-corrected chi connectivity index (χ2v) is 3.62. The van der Waals surface area contributed by atoms with Crippen LogP contribution in [0.3, 0.4) is 0 Å². The molecule has 1 heterocycles. The van der Waals surface area contributed by atoms with E-state index in [1.807, 2.05) is 0 Å². The molecular formula is C11H12N4O3. The molecule has 0 bridgehead atoms. The molecule has 0 aliphatic carbocycles. The predicted molar refractivity (Wildman–Crippen MR) is 64.3 cm³/mol. The van der Waals surface area contributed by atoms with Crippen LogP contribution in [0.2, 0.25) is 0 Å². The summed E-state index contributed by atoms with van der Waals surface area (Å²) in [6.45, 7) is 0.478. The van der Waals surface area contributed by atoms with E-state index in [0.29, 0.717) is 30.2 Å². The van der Waals surface area contributed by atoms with Gasteiger partial charge in [-0.3, -0.25) is 0 Å². The molecule has 94 valence electrons. The van der Waals surface area contributed by atoms with Crippen molar-refractivity contribution in [1.29, 1.82) is 0 Å². The summed E-state index contributed by atoms with van der Waals surface area (Å²) < 4.78 is 4.83. The number of nitrogens with two attached hydrogens (primary N) is 1. The Morgan fingerprint density at radius 1 is 1.50 bits per heavy atom. The molecule has 0 fully saturated rings. The summed E-state index contributed by atoms with van der Waals surface area (Å²) in [6, 6.07) is 4.59. The Hall–Kier alpha value is -2.57. The molecule has 1 aromatic carbocycles. The molecule has 0 spiro atoms. The number of carbonyl (C=O) groups is 1. The van der Waals surface area contributed by atoms with Gasteiger partial charge in [0.1, 0.15) is 0 Å². The third-order valence-corrected chi connectivity index (χ3v) is 2.34. The van der Waals surface area contributed by atoms with Crippen molar-refractivity contribution in [2.75, 3.05) is 17.6 Å². The first-order valence-corrected chi connectivity index (χ1v) is 5.29. The first-order valence-electron chi connectivity index (χ1n) is 5.29. The summed E-state index contributed by atoms with van der Waals surface area (Å²) in [5.74, 6) is -0.515. The fourth-order valence-electron chi connectivity index (χ4n) is 1.50. The molecule has 2 rings (SSSR count). The van der Waals surface area contributed by atoms with Crippen LogP contribution in [0.25, 0.3) is 0 Å². The van der Waals surface area contributed by atoms with Crippen molar-refractivity contribution in [3.05, 3.63) is 36.0 Å². The highest BCUT2D eigenvalue weighted by Crippen LogP contribution is 2.19. The van der Waals surface area contributed by atoms with Crippen molar-refractivity contribution in [1.82, 2.24) is 10.1 Å². The molecule has 2 aromatic rings. The average Bonchev–Trinajstić information content (AvgIpc) is 2.82. The molecule has 0 atom stereocenters. The largest absolute Gasteiger partial charge is 0.478 e. The molecule has 18 heavy (non-hydrogen) atoms. The molecule has 0 unspecified atom stereocenters. The number of nitrogens with zero attached hydrogens (tertiary/aromatic N) is 2. The van der Waals surface area contributed by atoms with Crippen molar-refractivity contribution < 1.29 is 14.4 Å². The molecule has 7 heteroatoms. The number of carboxylic acids is 1. The van der Waals surface area contributed by atoms with E-state index in [9.17, 15) is 4.79 Å². The van der Waals surface area contributed by atoms with E-state index < -0.39 is 5.97 Å². The highest BCUT2D eigenvalue weighted by molar-refractivity contribution is 5.95. The Morgan fingerprint density at radius 2 is 2.33 bits per heavy atom. The van der Waals surface area contributed by atoms with Crippen LogP contribution in [0.5, 0.6) is 0 Å². The number of hydrogen-bond acceptors (Lipinski definition) is 6. The molecule has 4 N–H and O–H groups in total. The van der Waals surface area contributed by atoms with Crippen molar-refractivity contribution in [3.8, 4) is 0 Å². The minimum absolute atomic E-state index is 0.176. The lowest BCUT2D eigenvalue weighted by Gasteiger charge is -2.09. The minimum Gasteiger partial charge on any atom is -0.478 e. The molecule has 0 amide bonds. The maximum absolute atomic E-state index is 11.0. The smallest absolute Gasteiger partial charge is 0.337 e. The quantitative estimate of drug-likeness (QED) is 0.676. The van der Waals surface area contributed by atoms with E-state index in [-0.39, 0.29) is 5.56 Å². The highest BCUT2D eigenvalue weighted by atomic mass is 16.5. The summed E-state index contributed by atoms with van der Waals surface area (Å²) in [6.07, 6.45) is 1.83. The maximum atomic E-state index is 11.0. The predicted octanol–water partition coefficient (Wildman–Crippen LogP) is 1.00. The third kappa shape index (κ3) is 2.76. The first kappa shape index (κ1) is 11.9. The van der Waals surface area contributed by atoms with Gasteiger partial charge < -0.3 is 20.7 Å². The summed E-state index contributed by atoms with van der Waals surface area (Å²) in [5.41, 5.74) is 6.77. The Morgan fingerprint density at radius 3 is 3.00 bits per heavy atom. The lowest BCUT2D eigenvalue weighted by atomic mass is 10.1. The van der Waals surface area contributed by atoms with Crippen molar-refractivity contribution in [3.63, 3.8) is 0 Å². The maximum Gasteiger partial charge on any atom is 0.337 e. The van der Waals surface area contributed by atoms with Crippen LogP contribution in [-0.2, 0) is 6.42 Å².